The Kier molecular flexibility index (Phi) is 7.46. The summed E-state index contributed by atoms with van der Waals surface area (Å²) < 4.78 is 17.9. The molecular weight excluding hydrogens is 470 g/mol. The van der Waals surface area contributed by atoms with Crippen LogP contribution < -0.4 is 9.64 Å². The van der Waals surface area contributed by atoms with Crippen molar-refractivity contribution in [2.24, 2.45) is 0 Å². The van der Waals surface area contributed by atoms with Crippen molar-refractivity contribution >= 4 is 35.3 Å². The van der Waals surface area contributed by atoms with Gasteiger partial charge in [-0.2, -0.15) is 9.97 Å². The van der Waals surface area contributed by atoms with Gasteiger partial charge in [0, 0.05) is 0 Å². The summed E-state index contributed by atoms with van der Waals surface area (Å²) in [5.74, 6) is -1.61. The number of carboxylic acids is 1. The summed E-state index contributed by atoms with van der Waals surface area (Å²) in [6.07, 6.45) is -0.887. The number of rotatable bonds is 6. The molecule has 0 saturated heterocycles. The van der Waals surface area contributed by atoms with E-state index in [-0.39, 0.29) is 23.7 Å². The molecule has 1 aromatic carbocycles. The van der Waals surface area contributed by atoms with E-state index in [4.69, 9.17) is 14.2 Å². The highest BCUT2D eigenvalue weighted by atomic mass is 16.6. The van der Waals surface area contributed by atoms with E-state index in [0.717, 1.165) is 5.56 Å². The van der Waals surface area contributed by atoms with E-state index in [1.54, 1.807) is 41.5 Å². The van der Waals surface area contributed by atoms with Gasteiger partial charge in [-0.15, -0.1) is 4.90 Å². The Hall–Kier alpha value is -4.22. The van der Waals surface area contributed by atoms with Gasteiger partial charge in [-0.05, 0) is 47.1 Å². The van der Waals surface area contributed by atoms with Crippen molar-refractivity contribution in [1.82, 2.24) is 19.5 Å². The fourth-order valence-corrected chi connectivity index (χ4v) is 2.95. The lowest BCUT2D eigenvalue weighted by Crippen LogP contribution is -2.44. The lowest BCUT2D eigenvalue weighted by molar-refractivity contribution is -0.137. The summed E-state index contributed by atoms with van der Waals surface area (Å²) in [5, 5.41) is 9.29. The third kappa shape index (κ3) is 6.90. The lowest BCUT2D eigenvalue weighted by atomic mass is 10.2. The Bertz CT molecular complexity index is 1230. The molecule has 2 amide bonds. The highest BCUT2D eigenvalue weighted by Gasteiger charge is 2.36. The first-order valence-electron chi connectivity index (χ1n) is 11.1. The number of ether oxygens (including phenoxy) is 3. The Morgan fingerprint density at radius 1 is 0.944 bits per heavy atom. The summed E-state index contributed by atoms with van der Waals surface area (Å²) in [5.41, 5.74) is -0.864. The number of benzene rings is 1. The third-order valence-electron chi connectivity index (χ3n) is 4.30. The second kappa shape index (κ2) is 10.2. The molecule has 0 aliphatic heterocycles. The van der Waals surface area contributed by atoms with Crippen LogP contribution >= 0.6 is 0 Å². The van der Waals surface area contributed by atoms with E-state index in [1.165, 1.54) is 10.9 Å². The van der Waals surface area contributed by atoms with Crippen LogP contribution in [-0.2, 0) is 27.4 Å². The number of carbonyl (C=O) groups excluding carboxylic acids is 2. The van der Waals surface area contributed by atoms with Crippen LogP contribution in [0.25, 0.3) is 11.2 Å². The minimum atomic E-state index is -1.14. The Balaban J connectivity index is 2.13. The van der Waals surface area contributed by atoms with Crippen LogP contribution in [0, 0.1) is 0 Å². The standard InChI is InChI=1S/C24H29N5O7/c1-23(2,3)35-21(32)29(22(33)36-24(4,5)6)20-26-18-17(25-14-28(18)12-16(30)31)19(27-20)34-13-15-10-8-7-9-11-15/h7-11,14H,12-13H2,1-6H3,(H,30,31). The number of carboxylic acid groups (broad SMARTS) is 1. The maximum atomic E-state index is 13.1. The zero-order valence-corrected chi connectivity index (χ0v) is 21.0. The molecule has 0 aliphatic rings. The van der Waals surface area contributed by atoms with Crippen molar-refractivity contribution in [1.29, 1.82) is 0 Å². The average molecular weight is 500 g/mol. The van der Waals surface area contributed by atoms with Crippen LogP contribution in [-0.4, -0.2) is 54.0 Å². The summed E-state index contributed by atoms with van der Waals surface area (Å²) in [4.78, 5) is 50.8. The highest BCUT2D eigenvalue weighted by Crippen LogP contribution is 2.27. The third-order valence-corrected chi connectivity index (χ3v) is 4.30. The largest absolute Gasteiger partial charge is 0.480 e. The first-order valence-corrected chi connectivity index (χ1v) is 11.1. The van der Waals surface area contributed by atoms with Crippen molar-refractivity contribution in [3.8, 4) is 5.88 Å². The minimum absolute atomic E-state index is 0.0441. The number of amides is 2. The summed E-state index contributed by atoms with van der Waals surface area (Å²) in [7, 11) is 0. The molecule has 0 fully saturated rings. The van der Waals surface area contributed by atoms with Crippen molar-refractivity contribution in [3.05, 3.63) is 42.2 Å². The second-order valence-corrected chi connectivity index (χ2v) is 9.84. The zero-order valence-electron chi connectivity index (χ0n) is 21.0. The Labute approximate surface area is 207 Å². The molecule has 0 aliphatic carbocycles. The number of carbonyl (C=O) groups is 3. The molecule has 12 heteroatoms. The number of hydrogen-bond acceptors (Lipinski definition) is 9. The predicted octanol–water partition coefficient (Wildman–Crippen LogP) is 4.17. The van der Waals surface area contributed by atoms with Gasteiger partial charge in [0.05, 0.1) is 6.33 Å². The van der Waals surface area contributed by atoms with Crippen LogP contribution in [0.3, 0.4) is 0 Å². The summed E-state index contributed by atoms with van der Waals surface area (Å²) >= 11 is 0. The van der Waals surface area contributed by atoms with Crippen molar-refractivity contribution in [2.75, 3.05) is 4.90 Å². The molecule has 2 heterocycles. The number of imidazole rings is 1. The van der Waals surface area contributed by atoms with E-state index >= 15 is 0 Å². The number of anilines is 1. The molecule has 36 heavy (non-hydrogen) atoms. The predicted molar refractivity (Wildman–Crippen MR) is 129 cm³/mol. The first kappa shape index (κ1) is 26.4. The SMILES string of the molecule is CC(C)(C)OC(=O)N(C(=O)OC(C)(C)C)c1nc(OCc2ccccc2)c2ncn(CC(=O)O)c2n1. The molecule has 192 valence electrons. The van der Waals surface area contributed by atoms with Crippen molar-refractivity contribution < 1.29 is 33.7 Å². The zero-order chi connectivity index (χ0) is 26.7. The smallest absolute Gasteiger partial charge is 0.427 e. The minimum Gasteiger partial charge on any atom is -0.480 e. The normalized spacial score (nSPS) is 11.7. The fraction of sp³-hybridized carbons (Fsp3) is 0.417. The maximum absolute atomic E-state index is 13.1. The van der Waals surface area contributed by atoms with E-state index in [9.17, 15) is 19.5 Å². The number of nitrogens with zero attached hydrogens (tertiary/aromatic N) is 5. The van der Waals surface area contributed by atoms with E-state index in [0.29, 0.717) is 4.90 Å². The van der Waals surface area contributed by atoms with Crippen molar-refractivity contribution in [2.45, 2.75) is 65.9 Å². The van der Waals surface area contributed by atoms with Gasteiger partial charge in [0.15, 0.2) is 11.2 Å². The van der Waals surface area contributed by atoms with Crippen LogP contribution in [0.4, 0.5) is 15.5 Å². The van der Waals surface area contributed by atoms with Gasteiger partial charge < -0.3 is 23.9 Å². The van der Waals surface area contributed by atoms with Gasteiger partial charge in [-0.3, -0.25) is 4.79 Å². The van der Waals surface area contributed by atoms with E-state index in [1.807, 2.05) is 30.3 Å². The van der Waals surface area contributed by atoms with Gasteiger partial charge in [-0.1, -0.05) is 30.3 Å². The Morgan fingerprint density at radius 2 is 1.53 bits per heavy atom. The summed E-state index contributed by atoms with van der Waals surface area (Å²) in [6.45, 7) is 9.45. The molecular formula is C24H29N5O7. The molecule has 0 spiro atoms. The summed E-state index contributed by atoms with van der Waals surface area (Å²) in [6, 6.07) is 9.23. The van der Waals surface area contributed by atoms with Crippen LogP contribution in [0.2, 0.25) is 0 Å². The molecule has 3 aromatic rings. The van der Waals surface area contributed by atoms with Crippen LogP contribution in [0.15, 0.2) is 36.7 Å². The van der Waals surface area contributed by atoms with E-state index < -0.39 is 41.9 Å². The molecule has 0 unspecified atom stereocenters. The van der Waals surface area contributed by atoms with E-state index in [2.05, 4.69) is 15.0 Å². The number of imide groups is 1. The fourth-order valence-electron chi connectivity index (χ4n) is 2.95. The van der Waals surface area contributed by atoms with Gasteiger partial charge in [-0.25, -0.2) is 14.6 Å². The highest BCUT2D eigenvalue weighted by molar-refractivity contribution is 6.08. The van der Waals surface area contributed by atoms with Crippen molar-refractivity contribution in [3.63, 3.8) is 0 Å². The van der Waals surface area contributed by atoms with Gasteiger partial charge in [0.1, 0.15) is 24.4 Å². The number of aliphatic carboxylic acids is 1. The quantitative estimate of drug-likeness (QED) is 0.524. The lowest BCUT2D eigenvalue weighted by Gasteiger charge is -2.27. The topological polar surface area (TPSA) is 146 Å². The number of aromatic nitrogens is 4. The van der Waals surface area contributed by atoms with Crippen LogP contribution in [0.5, 0.6) is 5.88 Å². The molecule has 0 radical (unpaired) electrons. The molecule has 0 bridgehead atoms. The maximum Gasteiger partial charge on any atom is 0.427 e. The van der Waals surface area contributed by atoms with Crippen LogP contribution in [0.1, 0.15) is 47.1 Å². The van der Waals surface area contributed by atoms with Gasteiger partial charge in [0.25, 0.3) is 0 Å². The molecule has 2 aromatic heterocycles. The molecule has 0 saturated carbocycles. The second-order valence-electron chi connectivity index (χ2n) is 9.84. The Morgan fingerprint density at radius 3 is 2.06 bits per heavy atom. The average Bonchev–Trinajstić information content (AvgIpc) is 3.12. The monoisotopic (exact) mass is 499 g/mol. The molecule has 12 nitrogen and oxygen atoms in total. The molecule has 3 rings (SSSR count). The molecule has 0 atom stereocenters. The van der Waals surface area contributed by atoms with Gasteiger partial charge >= 0.3 is 18.2 Å². The first-order chi connectivity index (χ1) is 16.7. The van der Waals surface area contributed by atoms with Gasteiger partial charge in [0.2, 0.25) is 11.8 Å². The number of fused-ring (bicyclic) bond motifs is 1. The molecule has 1 N–H and O–H groups in total. The number of hydrogen-bond donors (Lipinski definition) is 1.